The molecule has 1 aliphatic rings. The van der Waals surface area contributed by atoms with Crippen LogP contribution in [0.4, 0.5) is 4.39 Å². The molecule has 2 rings (SSSR count). The molecule has 0 radical (unpaired) electrons. The molecule has 1 saturated heterocycles. The lowest BCUT2D eigenvalue weighted by Gasteiger charge is -2.39. The number of hydrogen-bond acceptors (Lipinski definition) is 3. The molecule has 0 saturated carbocycles. The minimum atomic E-state index is -0.123. The molecule has 22 heavy (non-hydrogen) atoms. The van der Waals surface area contributed by atoms with Gasteiger partial charge in [0.25, 0.3) is 0 Å². The fraction of sp³-hybridized carbons (Fsp3) is 0.647. The number of methoxy groups -OCH3 is 1. The minimum Gasteiger partial charge on any atom is -0.497 e. The van der Waals surface area contributed by atoms with Crippen LogP contribution in [0.1, 0.15) is 38.3 Å². The van der Waals surface area contributed by atoms with Gasteiger partial charge in [0.2, 0.25) is 0 Å². The minimum absolute atomic E-state index is 0. The third kappa shape index (κ3) is 4.58. The molecular formula is C17H28ClFN2O. The van der Waals surface area contributed by atoms with Crippen molar-refractivity contribution in [3.05, 3.63) is 29.6 Å². The number of hydrogen-bond donors (Lipinski definition) is 1. The summed E-state index contributed by atoms with van der Waals surface area (Å²) in [6, 6.07) is 5.22. The van der Waals surface area contributed by atoms with Crippen molar-refractivity contribution >= 4 is 12.4 Å². The van der Waals surface area contributed by atoms with Gasteiger partial charge in [-0.05, 0) is 30.5 Å². The molecular weight excluding hydrogens is 303 g/mol. The molecule has 1 aliphatic heterocycles. The predicted molar refractivity (Wildman–Crippen MR) is 91.5 cm³/mol. The topological polar surface area (TPSA) is 24.5 Å². The Balaban J connectivity index is 0.00000242. The summed E-state index contributed by atoms with van der Waals surface area (Å²) in [5.74, 6) is 1.03. The van der Waals surface area contributed by atoms with E-state index >= 15 is 0 Å². The van der Waals surface area contributed by atoms with Gasteiger partial charge in [0.1, 0.15) is 11.6 Å². The van der Waals surface area contributed by atoms with Crippen LogP contribution in [0.15, 0.2) is 18.2 Å². The third-order valence-corrected chi connectivity index (χ3v) is 4.35. The number of ether oxygens (including phenoxy) is 1. The lowest BCUT2D eigenvalue weighted by molar-refractivity contribution is 0.123. The van der Waals surface area contributed by atoms with Gasteiger partial charge < -0.3 is 10.1 Å². The van der Waals surface area contributed by atoms with Crippen LogP contribution in [0.2, 0.25) is 0 Å². The third-order valence-electron chi connectivity index (χ3n) is 4.35. The first-order chi connectivity index (χ1) is 10.2. The van der Waals surface area contributed by atoms with Gasteiger partial charge in [-0.3, -0.25) is 4.90 Å². The Morgan fingerprint density at radius 1 is 1.32 bits per heavy atom. The summed E-state index contributed by atoms with van der Waals surface area (Å²) in [6.07, 6.45) is 2.22. The molecule has 1 heterocycles. The van der Waals surface area contributed by atoms with Crippen LogP contribution >= 0.6 is 12.4 Å². The number of piperazine rings is 1. The monoisotopic (exact) mass is 330 g/mol. The molecule has 0 spiro atoms. The van der Waals surface area contributed by atoms with Gasteiger partial charge in [-0.15, -0.1) is 12.4 Å². The van der Waals surface area contributed by atoms with E-state index in [9.17, 15) is 4.39 Å². The van der Waals surface area contributed by atoms with E-state index in [0.29, 0.717) is 5.92 Å². The normalized spacial score (nSPS) is 18.4. The van der Waals surface area contributed by atoms with E-state index < -0.39 is 0 Å². The molecule has 1 aromatic carbocycles. The molecule has 5 heteroatoms. The van der Waals surface area contributed by atoms with Crippen LogP contribution in [-0.4, -0.2) is 38.2 Å². The Bertz CT molecular complexity index is 452. The number of rotatable bonds is 6. The predicted octanol–water partition coefficient (Wildman–Crippen LogP) is 3.64. The van der Waals surface area contributed by atoms with Gasteiger partial charge in [0.05, 0.1) is 7.11 Å². The maximum absolute atomic E-state index is 14.4. The molecule has 1 aromatic rings. The van der Waals surface area contributed by atoms with Gasteiger partial charge in [-0.1, -0.05) is 20.3 Å². The fourth-order valence-electron chi connectivity index (χ4n) is 3.31. The first-order valence-corrected chi connectivity index (χ1v) is 7.95. The summed E-state index contributed by atoms with van der Waals surface area (Å²) in [7, 11) is 1.63. The van der Waals surface area contributed by atoms with Crippen molar-refractivity contribution in [2.45, 2.75) is 32.7 Å². The fourth-order valence-corrected chi connectivity index (χ4v) is 3.31. The summed E-state index contributed by atoms with van der Waals surface area (Å²) in [6.45, 7) is 8.30. The summed E-state index contributed by atoms with van der Waals surface area (Å²) >= 11 is 0. The van der Waals surface area contributed by atoms with Crippen molar-refractivity contribution in [2.24, 2.45) is 5.92 Å². The maximum atomic E-state index is 14.4. The second-order valence-corrected chi connectivity index (χ2v) is 5.88. The number of halogens is 2. The first kappa shape index (κ1) is 19.2. The Labute approximate surface area is 139 Å². The highest BCUT2D eigenvalue weighted by Crippen LogP contribution is 2.35. The molecule has 1 N–H and O–H groups in total. The Morgan fingerprint density at radius 3 is 2.59 bits per heavy atom. The molecule has 1 unspecified atom stereocenters. The first-order valence-electron chi connectivity index (χ1n) is 7.95. The molecule has 1 fully saturated rings. The van der Waals surface area contributed by atoms with Crippen LogP contribution in [0.3, 0.4) is 0 Å². The molecule has 0 aromatic heterocycles. The van der Waals surface area contributed by atoms with E-state index in [0.717, 1.165) is 50.3 Å². The Kier molecular flexibility index (Phi) is 8.15. The smallest absolute Gasteiger partial charge is 0.128 e. The summed E-state index contributed by atoms with van der Waals surface area (Å²) < 4.78 is 19.7. The highest BCUT2D eigenvalue weighted by atomic mass is 35.5. The number of nitrogens with zero attached hydrogens (tertiary/aromatic N) is 1. The molecule has 0 bridgehead atoms. The molecule has 0 aliphatic carbocycles. The maximum Gasteiger partial charge on any atom is 0.128 e. The zero-order chi connectivity index (χ0) is 15.2. The molecule has 2 atom stereocenters. The van der Waals surface area contributed by atoms with Crippen molar-refractivity contribution < 1.29 is 9.13 Å². The van der Waals surface area contributed by atoms with Crippen molar-refractivity contribution in [1.29, 1.82) is 0 Å². The van der Waals surface area contributed by atoms with Crippen molar-refractivity contribution in [3.8, 4) is 5.75 Å². The summed E-state index contributed by atoms with van der Waals surface area (Å²) in [4.78, 5) is 2.41. The van der Waals surface area contributed by atoms with E-state index in [1.54, 1.807) is 13.2 Å². The van der Waals surface area contributed by atoms with E-state index in [2.05, 4.69) is 24.1 Å². The number of benzene rings is 1. The van der Waals surface area contributed by atoms with Gasteiger partial charge in [0, 0.05) is 37.8 Å². The van der Waals surface area contributed by atoms with Gasteiger partial charge >= 0.3 is 0 Å². The van der Waals surface area contributed by atoms with Gasteiger partial charge in [-0.2, -0.15) is 0 Å². The zero-order valence-corrected chi connectivity index (χ0v) is 14.6. The standard InChI is InChI=1S/C17H27FN2O.ClH/c1-4-5-13(2)17(20-10-8-19-9-11-20)15-12-14(21-3)6-7-16(15)18;/h6-7,12-13,17,19H,4-5,8-11H2,1-3H3;1H/t13?,17-;/m0./s1. The van der Waals surface area contributed by atoms with Crippen molar-refractivity contribution in [2.75, 3.05) is 33.3 Å². The largest absolute Gasteiger partial charge is 0.497 e. The van der Waals surface area contributed by atoms with Crippen LogP contribution in [0.25, 0.3) is 0 Å². The van der Waals surface area contributed by atoms with E-state index in [-0.39, 0.29) is 24.3 Å². The average molecular weight is 331 g/mol. The van der Waals surface area contributed by atoms with Crippen LogP contribution in [0, 0.1) is 11.7 Å². The van der Waals surface area contributed by atoms with Crippen LogP contribution in [0.5, 0.6) is 5.75 Å². The molecule has 126 valence electrons. The lowest BCUT2D eigenvalue weighted by atomic mass is 9.88. The van der Waals surface area contributed by atoms with Crippen LogP contribution < -0.4 is 10.1 Å². The van der Waals surface area contributed by atoms with Gasteiger partial charge in [0.15, 0.2) is 0 Å². The zero-order valence-electron chi connectivity index (χ0n) is 13.8. The highest BCUT2D eigenvalue weighted by molar-refractivity contribution is 5.85. The highest BCUT2D eigenvalue weighted by Gasteiger charge is 2.29. The summed E-state index contributed by atoms with van der Waals surface area (Å²) in [5.41, 5.74) is 0.775. The Hall–Kier alpha value is -0.840. The second kappa shape index (κ2) is 9.33. The van der Waals surface area contributed by atoms with Crippen LogP contribution in [-0.2, 0) is 0 Å². The van der Waals surface area contributed by atoms with Crippen molar-refractivity contribution in [1.82, 2.24) is 10.2 Å². The van der Waals surface area contributed by atoms with Gasteiger partial charge in [-0.25, -0.2) is 4.39 Å². The molecule has 3 nitrogen and oxygen atoms in total. The Morgan fingerprint density at radius 2 is 2.00 bits per heavy atom. The van der Waals surface area contributed by atoms with E-state index in [1.807, 2.05) is 6.07 Å². The SMILES string of the molecule is CCCC(C)[C@@H](c1cc(OC)ccc1F)N1CCNCC1.Cl. The van der Waals surface area contributed by atoms with Crippen molar-refractivity contribution in [3.63, 3.8) is 0 Å². The lowest BCUT2D eigenvalue weighted by Crippen LogP contribution is -2.46. The molecule has 0 amide bonds. The van der Waals surface area contributed by atoms with E-state index in [1.165, 1.54) is 6.07 Å². The number of nitrogens with one attached hydrogen (secondary N) is 1. The summed E-state index contributed by atoms with van der Waals surface area (Å²) in [5, 5.41) is 3.37. The van der Waals surface area contributed by atoms with E-state index in [4.69, 9.17) is 4.74 Å². The average Bonchev–Trinajstić information content (AvgIpc) is 2.51. The second-order valence-electron chi connectivity index (χ2n) is 5.88. The quantitative estimate of drug-likeness (QED) is 0.862.